The summed E-state index contributed by atoms with van der Waals surface area (Å²) in [4.78, 5) is 0. The lowest BCUT2D eigenvalue weighted by Crippen LogP contribution is -2.57. The second-order valence-electron chi connectivity index (χ2n) is 3.56. The van der Waals surface area contributed by atoms with Crippen molar-refractivity contribution in [3.05, 3.63) is 0 Å². The van der Waals surface area contributed by atoms with Crippen LogP contribution in [0.2, 0.25) is 19.0 Å². The van der Waals surface area contributed by atoms with Crippen LogP contribution in [0.5, 0.6) is 0 Å². The molecule has 0 aliphatic carbocycles. The number of hydrogen-bond donors (Lipinski definition) is 3. The maximum absolute atomic E-state index is 5.09. The Morgan fingerprint density at radius 1 is 0.846 bits per heavy atom. The minimum absolute atomic E-state index is 0.604. The molecule has 0 radical (unpaired) electrons. The average Bonchev–Trinajstić information content (AvgIpc) is 2.07. The predicted octanol–water partition coefficient (Wildman–Crippen LogP) is 1.47. The van der Waals surface area contributed by atoms with E-state index in [9.17, 15) is 0 Å². The van der Waals surface area contributed by atoms with E-state index >= 15 is 0 Å². The van der Waals surface area contributed by atoms with Crippen LogP contribution in [-0.4, -0.2) is 12.5 Å². The number of hydrogen-bond acceptors (Lipinski definition) is 3. The molecule has 0 atom stereocenters. The Labute approximate surface area is 83.5 Å². The number of rotatable bonds is 4. The van der Waals surface area contributed by atoms with Gasteiger partial charge in [-0.2, -0.15) is 0 Å². The van der Waals surface area contributed by atoms with Crippen molar-refractivity contribution in [3.63, 3.8) is 0 Å². The van der Waals surface area contributed by atoms with Gasteiger partial charge in [-0.25, -0.2) is 0 Å². The molecular weight excluding hydrogens is 161 g/mol. The second-order valence-corrected chi connectivity index (χ2v) is 3.56. The molecule has 0 saturated heterocycles. The lowest BCUT2D eigenvalue weighted by atomic mass is 9.44. The maximum Gasteiger partial charge on any atom is 0.139 e. The van der Waals surface area contributed by atoms with E-state index in [1.165, 1.54) is 19.0 Å². The zero-order valence-corrected chi connectivity index (χ0v) is 9.64. The van der Waals surface area contributed by atoms with Gasteiger partial charge in [0, 0.05) is 0 Å². The lowest BCUT2D eigenvalue weighted by molar-refractivity contribution is 0.446. The first-order valence-corrected chi connectivity index (χ1v) is 5.27. The van der Waals surface area contributed by atoms with Crippen molar-refractivity contribution in [1.29, 1.82) is 0 Å². The van der Waals surface area contributed by atoms with Crippen LogP contribution in [0, 0.1) is 0 Å². The van der Waals surface area contributed by atoms with E-state index in [4.69, 9.17) is 17.2 Å². The molecule has 3 nitrogen and oxygen atoms in total. The Balaban J connectivity index is 0. The minimum Gasteiger partial charge on any atom is -0.301 e. The molecule has 80 valence electrons. The highest BCUT2D eigenvalue weighted by Crippen LogP contribution is 2.01. The Kier molecular flexibility index (Phi) is 10.1. The summed E-state index contributed by atoms with van der Waals surface area (Å²) in [6.45, 7) is 9.60. The fraction of sp³-hybridized carbons (Fsp3) is 1.00. The predicted molar refractivity (Wildman–Crippen MR) is 62.8 cm³/mol. The van der Waals surface area contributed by atoms with Crippen molar-refractivity contribution in [2.45, 2.75) is 58.9 Å². The van der Waals surface area contributed by atoms with E-state index in [0.717, 1.165) is 6.71 Å². The summed E-state index contributed by atoms with van der Waals surface area (Å²) in [5.74, 6) is -0.958. The van der Waals surface area contributed by atoms with Gasteiger partial charge >= 0.3 is 0 Å². The third kappa shape index (κ3) is 14.8. The quantitative estimate of drug-likeness (QED) is 0.460. The van der Waals surface area contributed by atoms with Gasteiger partial charge in [0.25, 0.3) is 0 Å². The van der Waals surface area contributed by atoms with E-state index in [1.54, 1.807) is 0 Å². The molecule has 0 bridgehead atoms. The van der Waals surface area contributed by atoms with E-state index < -0.39 is 5.79 Å². The monoisotopic (exact) mass is 187 g/mol. The first-order chi connectivity index (χ1) is 5.91. The molecule has 0 aromatic heterocycles. The normalized spacial score (nSPS) is 10.4. The molecule has 4 heteroatoms. The van der Waals surface area contributed by atoms with Crippen LogP contribution in [0.25, 0.3) is 0 Å². The van der Waals surface area contributed by atoms with Gasteiger partial charge in [0.2, 0.25) is 0 Å². The molecule has 0 aromatic carbocycles. The second kappa shape index (κ2) is 8.54. The van der Waals surface area contributed by atoms with Crippen LogP contribution in [0.15, 0.2) is 0 Å². The highest BCUT2D eigenvalue weighted by molar-refractivity contribution is 6.58. The first kappa shape index (κ1) is 15.4. The van der Waals surface area contributed by atoms with Gasteiger partial charge in [0.1, 0.15) is 12.5 Å². The highest BCUT2D eigenvalue weighted by Gasteiger charge is 2.04. The fourth-order valence-electron chi connectivity index (χ4n) is 0.866. The van der Waals surface area contributed by atoms with Crippen molar-refractivity contribution >= 4 is 6.71 Å². The largest absolute Gasteiger partial charge is 0.301 e. The molecule has 0 heterocycles. The van der Waals surface area contributed by atoms with E-state index in [1.807, 2.05) is 6.92 Å². The van der Waals surface area contributed by atoms with Crippen molar-refractivity contribution in [1.82, 2.24) is 0 Å². The summed E-state index contributed by atoms with van der Waals surface area (Å²) in [6, 6.07) is 0. The van der Waals surface area contributed by atoms with Crippen LogP contribution < -0.4 is 17.2 Å². The molecule has 0 amide bonds. The number of nitrogens with two attached hydrogens (primary N) is 3. The zero-order chi connectivity index (χ0) is 10.9. The highest BCUT2D eigenvalue weighted by atomic mass is 15.1. The molecule has 6 N–H and O–H groups in total. The van der Waals surface area contributed by atoms with Crippen LogP contribution in [0.1, 0.15) is 34.1 Å². The third-order valence-electron chi connectivity index (χ3n) is 2.34. The van der Waals surface area contributed by atoms with Crippen molar-refractivity contribution in [3.8, 4) is 0 Å². The Morgan fingerprint density at radius 3 is 1.08 bits per heavy atom. The Hall–Kier alpha value is -0.0551. The first-order valence-electron chi connectivity index (χ1n) is 5.27. The molecule has 0 spiro atoms. The topological polar surface area (TPSA) is 78.1 Å². The van der Waals surface area contributed by atoms with Gasteiger partial charge in [-0.05, 0) is 6.42 Å². The molecule has 0 aromatic rings. The smallest absolute Gasteiger partial charge is 0.139 e. The van der Waals surface area contributed by atoms with E-state index in [-0.39, 0.29) is 0 Å². The Morgan fingerprint density at radius 2 is 1.08 bits per heavy atom. The maximum atomic E-state index is 5.09. The van der Waals surface area contributed by atoms with Crippen LogP contribution in [-0.2, 0) is 0 Å². The van der Waals surface area contributed by atoms with Crippen LogP contribution in [0.3, 0.4) is 0 Å². The summed E-state index contributed by atoms with van der Waals surface area (Å²) in [7, 11) is 0. The van der Waals surface area contributed by atoms with E-state index in [0.29, 0.717) is 6.42 Å². The molecule has 13 heavy (non-hydrogen) atoms. The van der Waals surface area contributed by atoms with Gasteiger partial charge in [0.15, 0.2) is 0 Å². The summed E-state index contributed by atoms with van der Waals surface area (Å²) < 4.78 is 0. The van der Waals surface area contributed by atoms with Crippen LogP contribution >= 0.6 is 0 Å². The van der Waals surface area contributed by atoms with E-state index in [2.05, 4.69) is 20.8 Å². The molecular formula is C9H26BN3. The summed E-state index contributed by atoms with van der Waals surface area (Å²) in [5.41, 5.74) is 15.3. The van der Waals surface area contributed by atoms with Gasteiger partial charge in [-0.3, -0.25) is 0 Å². The van der Waals surface area contributed by atoms with Crippen molar-refractivity contribution < 1.29 is 0 Å². The van der Waals surface area contributed by atoms with Gasteiger partial charge < -0.3 is 17.2 Å². The SMILES string of the molecule is CCB(CC)CC.CCC(N)(N)N. The third-order valence-corrected chi connectivity index (χ3v) is 2.34. The molecule has 0 aliphatic rings. The summed E-state index contributed by atoms with van der Waals surface area (Å²) >= 11 is 0. The molecule has 0 rings (SSSR count). The van der Waals surface area contributed by atoms with Crippen molar-refractivity contribution in [2.24, 2.45) is 17.2 Å². The lowest BCUT2D eigenvalue weighted by Gasteiger charge is -2.13. The average molecular weight is 187 g/mol. The van der Waals surface area contributed by atoms with Gasteiger partial charge in [-0.15, -0.1) is 0 Å². The molecule has 0 fully saturated rings. The zero-order valence-electron chi connectivity index (χ0n) is 9.64. The van der Waals surface area contributed by atoms with Gasteiger partial charge in [-0.1, -0.05) is 46.7 Å². The minimum atomic E-state index is -0.958. The fourth-order valence-corrected chi connectivity index (χ4v) is 0.866. The molecule has 0 unspecified atom stereocenters. The summed E-state index contributed by atoms with van der Waals surface area (Å²) in [5, 5.41) is 0. The standard InChI is InChI=1S/C6H15B.C3H11N3/c1-4-7(5-2)6-3;1-2-3(4,5)6/h4-6H2,1-3H3;2,4-6H2,1H3. The van der Waals surface area contributed by atoms with Gasteiger partial charge in [0.05, 0.1) is 0 Å². The van der Waals surface area contributed by atoms with Crippen molar-refractivity contribution in [2.75, 3.05) is 0 Å². The molecule has 0 saturated carbocycles. The van der Waals surface area contributed by atoms with Crippen LogP contribution in [0.4, 0.5) is 0 Å². The Bertz CT molecular complexity index is 92.0. The molecule has 0 aliphatic heterocycles. The summed E-state index contributed by atoms with van der Waals surface area (Å²) in [6.07, 6.45) is 4.67.